The normalized spacial score (nSPS) is 25.3. The van der Waals surface area contributed by atoms with Gasteiger partial charge in [0.1, 0.15) is 5.75 Å². The molecule has 1 aliphatic heterocycles. The van der Waals surface area contributed by atoms with E-state index in [0.717, 1.165) is 18.9 Å². The van der Waals surface area contributed by atoms with Crippen molar-refractivity contribution in [2.75, 3.05) is 73.0 Å². The van der Waals surface area contributed by atoms with Crippen LogP contribution in [0.4, 0.5) is 0 Å². The largest absolute Gasteiger partial charge is 0.426 e. The van der Waals surface area contributed by atoms with Gasteiger partial charge in [-0.25, -0.2) is 0 Å². The van der Waals surface area contributed by atoms with E-state index in [2.05, 4.69) is 24.1 Å². The summed E-state index contributed by atoms with van der Waals surface area (Å²) in [6.45, 7) is 5.54. The second kappa shape index (κ2) is 13.8. The molecule has 4 rings (SSSR count). The molecule has 8 heteroatoms. The molecule has 2 aliphatic carbocycles. The number of carbonyl (C=O) groups is 1. The van der Waals surface area contributed by atoms with Crippen LogP contribution in [-0.2, 0) is 35.6 Å². The predicted molar refractivity (Wildman–Crippen MR) is 137 cm³/mol. The fourth-order valence-electron chi connectivity index (χ4n) is 6.42. The van der Waals surface area contributed by atoms with Gasteiger partial charge in [-0.3, -0.25) is 4.79 Å². The van der Waals surface area contributed by atoms with Crippen molar-refractivity contribution in [3.05, 3.63) is 29.3 Å². The van der Waals surface area contributed by atoms with Crippen LogP contribution in [0.2, 0.25) is 0 Å². The van der Waals surface area contributed by atoms with Crippen molar-refractivity contribution in [2.24, 2.45) is 11.7 Å². The lowest BCUT2D eigenvalue weighted by atomic mass is 9.52. The Hall–Kier alpha value is -1.55. The van der Waals surface area contributed by atoms with Gasteiger partial charge in [-0.15, -0.1) is 0 Å². The van der Waals surface area contributed by atoms with Crippen LogP contribution < -0.4 is 10.5 Å². The van der Waals surface area contributed by atoms with Crippen molar-refractivity contribution < 1.29 is 28.5 Å². The fraction of sp³-hybridized carbons (Fsp3) is 0.750. The smallest absolute Gasteiger partial charge is 0.313 e. The quantitative estimate of drug-likeness (QED) is 0.221. The Kier molecular flexibility index (Phi) is 10.6. The molecule has 1 aromatic rings. The summed E-state index contributed by atoms with van der Waals surface area (Å²) in [4.78, 5) is 15.0. The van der Waals surface area contributed by atoms with E-state index < -0.39 is 0 Å². The van der Waals surface area contributed by atoms with E-state index in [0.29, 0.717) is 71.2 Å². The highest BCUT2D eigenvalue weighted by molar-refractivity contribution is 5.72. The SMILES string of the molecule is CN1CCC23CCCCC2C1Cc1ccc(OC(=O)CCOCCOCCOCCOCCN)cc13. The van der Waals surface area contributed by atoms with Crippen molar-refractivity contribution in [3.8, 4) is 5.75 Å². The van der Waals surface area contributed by atoms with Crippen LogP contribution in [0.5, 0.6) is 5.75 Å². The molecule has 1 saturated heterocycles. The van der Waals surface area contributed by atoms with Crippen LogP contribution in [0.1, 0.15) is 49.7 Å². The molecule has 3 aliphatic rings. The molecule has 1 heterocycles. The third-order valence-electron chi connectivity index (χ3n) is 8.15. The monoisotopic (exact) mass is 504 g/mol. The molecule has 0 radical (unpaired) electrons. The van der Waals surface area contributed by atoms with Crippen molar-refractivity contribution in [1.82, 2.24) is 4.90 Å². The topological polar surface area (TPSA) is 92.5 Å². The first-order valence-electron chi connectivity index (χ1n) is 13.7. The summed E-state index contributed by atoms with van der Waals surface area (Å²) in [6, 6.07) is 6.98. The second-order valence-corrected chi connectivity index (χ2v) is 10.3. The third-order valence-corrected chi connectivity index (χ3v) is 8.15. The highest BCUT2D eigenvalue weighted by Gasteiger charge is 2.53. The number of nitrogens with two attached hydrogens (primary N) is 1. The number of likely N-dealkylation sites (tertiary alicyclic amines) is 1. The number of carbonyl (C=O) groups excluding carboxylic acids is 1. The summed E-state index contributed by atoms with van der Waals surface area (Å²) in [6.07, 6.45) is 7.76. The van der Waals surface area contributed by atoms with Gasteiger partial charge in [0.25, 0.3) is 0 Å². The van der Waals surface area contributed by atoms with Crippen LogP contribution in [0.3, 0.4) is 0 Å². The summed E-state index contributed by atoms with van der Waals surface area (Å²) in [5.74, 6) is 1.14. The first kappa shape index (κ1) is 27.5. The highest BCUT2D eigenvalue weighted by atomic mass is 16.6. The minimum absolute atomic E-state index is 0.226. The molecule has 8 nitrogen and oxygen atoms in total. The molecule has 2 N–H and O–H groups in total. The molecule has 2 fully saturated rings. The number of fused-ring (bicyclic) bond motifs is 1. The number of hydrogen-bond acceptors (Lipinski definition) is 8. The molecule has 1 saturated carbocycles. The first-order chi connectivity index (χ1) is 17.6. The van der Waals surface area contributed by atoms with Gasteiger partial charge in [0, 0.05) is 18.0 Å². The summed E-state index contributed by atoms with van der Waals surface area (Å²) < 4.78 is 27.4. The Morgan fingerprint density at radius 1 is 0.972 bits per heavy atom. The van der Waals surface area contributed by atoms with Crippen molar-refractivity contribution in [2.45, 2.75) is 56.4 Å². The average Bonchev–Trinajstić information content (AvgIpc) is 2.89. The summed E-state index contributed by atoms with van der Waals surface area (Å²) in [5.41, 5.74) is 8.50. The number of nitrogens with zero attached hydrogens (tertiary/aromatic N) is 1. The second-order valence-electron chi connectivity index (χ2n) is 10.3. The van der Waals surface area contributed by atoms with Gasteiger partial charge in [-0.1, -0.05) is 18.9 Å². The minimum atomic E-state index is -0.254. The Labute approximate surface area is 215 Å². The lowest BCUT2D eigenvalue weighted by molar-refractivity contribution is -0.135. The maximum absolute atomic E-state index is 12.4. The lowest BCUT2D eigenvalue weighted by Crippen LogP contribution is -2.59. The number of ether oxygens (including phenoxy) is 5. The zero-order valence-corrected chi connectivity index (χ0v) is 21.9. The van der Waals surface area contributed by atoms with Gasteiger partial charge in [-0.05, 0) is 68.5 Å². The van der Waals surface area contributed by atoms with Gasteiger partial charge in [-0.2, -0.15) is 0 Å². The van der Waals surface area contributed by atoms with Gasteiger partial charge in [0.2, 0.25) is 0 Å². The van der Waals surface area contributed by atoms with Crippen LogP contribution in [0.25, 0.3) is 0 Å². The maximum atomic E-state index is 12.4. The Morgan fingerprint density at radius 2 is 1.67 bits per heavy atom. The fourth-order valence-corrected chi connectivity index (χ4v) is 6.42. The number of piperidine rings is 1. The van der Waals surface area contributed by atoms with E-state index >= 15 is 0 Å². The average molecular weight is 505 g/mol. The molecule has 1 aromatic carbocycles. The van der Waals surface area contributed by atoms with E-state index in [4.69, 9.17) is 29.4 Å². The van der Waals surface area contributed by atoms with Crippen LogP contribution in [-0.4, -0.2) is 89.9 Å². The number of benzene rings is 1. The first-order valence-corrected chi connectivity index (χ1v) is 13.7. The summed E-state index contributed by atoms with van der Waals surface area (Å²) >= 11 is 0. The van der Waals surface area contributed by atoms with Crippen molar-refractivity contribution in [3.63, 3.8) is 0 Å². The lowest BCUT2D eigenvalue weighted by Gasteiger charge is -2.58. The third kappa shape index (κ3) is 6.85. The van der Waals surface area contributed by atoms with Crippen molar-refractivity contribution >= 4 is 5.97 Å². The van der Waals surface area contributed by atoms with E-state index in [-0.39, 0.29) is 17.8 Å². The van der Waals surface area contributed by atoms with E-state index in [1.165, 1.54) is 43.2 Å². The molecule has 202 valence electrons. The predicted octanol–water partition coefficient (Wildman–Crippen LogP) is 2.70. The summed E-state index contributed by atoms with van der Waals surface area (Å²) in [5, 5.41) is 0. The van der Waals surface area contributed by atoms with E-state index in [1.807, 2.05) is 6.07 Å². The Morgan fingerprint density at radius 3 is 2.39 bits per heavy atom. The number of hydrogen-bond donors (Lipinski definition) is 1. The van der Waals surface area contributed by atoms with Crippen LogP contribution in [0.15, 0.2) is 18.2 Å². The number of rotatable bonds is 15. The van der Waals surface area contributed by atoms with Gasteiger partial charge in [0.15, 0.2) is 0 Å². The zero-order chi connectivity index (χ0) is 25.2. The number of esters is 1. The molecular formula is C28H44N2O6. The summed E-state index contributed by atoms with van der Waals surface area (Å²) in [7, 11) is 2.29. The minimum Gasteiger partial charge on any atom is -0.426 e. The highest BCUT2D eigenvalue weighted by Crippen LogP contribution is 2.55. The van der Waals surface area contributed by atoms with E-state index in [9.17, 15) is 4.79 Å². The van der Waals surface area contributed by atoms with Gasteiger partial charge in [0.05, 0.1) is 59.3 Å². The van der Waals surface area contributed by atoms with Gasteiger partial charge < -0.3 is 34.3 Å². The molecule has 3 atom stereocenters. The van der Waals surface area contributed by atoms with Gasteiger partial charge >= 0.3 is 5.97 Å². The molecule has 0 spiro atoms. The standard InChI is InChI=1S/C28H44N2O6/c1-30-11-9-28-8-3-2-4-24(28)26(30)20-22-5-6-23(21-25(22)28)36-27(31)7-12-32-14-16-34-18-19-35-17-15-33-13-10-29/h5-6,21,24,26H,2-4,7-20,29H2,1H3. The molecule has 0 amide bonds. The van der Waals surface area contributed by atoms with Crippen molar-refractivity contribution in [1.29, 1.82) is 0 Å². The molecular weight excluding hydrogens is 460 g/mol. The molecule has 3 unspecified atom stereocenters. The zero-order valence-electron chi connectivity index (χ0n) is 21.9. The number of likely N-dealkylation sites (N-methyl/N-ethyl adjacent to an activating group) is 1. The molecule has 36 heavy (non-hydrogen) atoms. The maximum Gasteiger partial charge on any atom is 0.313 e. The van der Waals surface area contributed by atoms with E-state index in [1.54, 1.807) is 0 Å². The van der Waals surface area contributed by atoms with Crippen LogP contribution in [0, 0.1) is 5.92 Å². The Balaban J connectivity index is 1.14. The molecule has 0 aromatic heterocycles. The van der Waals surface area contributed by atoms with Crippen LogP contribution >= 0.6 is 0 Å². The Bertz CT molecular complexity index is 836. The molecule has 2 bridgehead atoms.